The van der Waals surface area contributed by atoms with Crippen LogP contribution in [0.2, 0.25) is 0 Å². The molecule has 0 aromatic rings. The molecule has 0 unspecified atom stereocenters. The second-order valence-corrected chi connectivity index (χ2v) is 1.04. The average Bonchev–Trinajstić information content (AvgIpc) is 1.75. The van der Waals surface area contributed by atoms with Crippen molar-refractivity contribution >= 4 is 5.78 Å². The molecule has 0 spiro atoms. The van der Waals surface area contributed by atoms with Crippen LogP contribution in [0.5, 0.6) is 0 Å². The van der Waals surface area contributed by atoms with E-state index in [1.165, 1.54) is 0 Å². The Morgan fingerprint density at radius 3 is 1.80 bits per heavy atom. The molecule has 0 amide bonds. The first-order valence-electron chi connectivity index (χ1n) is 1.41. The molecule has 1 fully saturated rings. The van der Waals surface area contributed by atoms with Gasteiger partial charge in [-0.1, -0.05) is 0 Å². The number of carbonyl (C=O) groups excluding carboxylic acids is 1. The van der Waals surface area contributed by atoms with Gasteiger partial charge in [0.15, 0.2) is 0 Å². The van der Waals surface area contributed by atoms with E-state index in [1.54, 1.807) is 0 Å². The van der Waals surface area contributed by atoms with Crippen molar-refractivity contribution in [3.05, 3.63) is 0 Å². The largest absolute Gasteiger partial charge is 1.00 e. The van der Waals surface area contributed by atoms with Crippen molar-refractivity contribution in [1.29, 1.82) is 0 Å². The molecule has 0 aromatic carbocycles. The molecule has 0 N–H and O–H groups in total. The summed E-state index contributed by atoms with van der Waals surface area (Å²) in [7, 11) is 0. The zero-order valence-corrected chi connectivity index (χ0v) is 5.32. The Hall–Kier alpha value is 0.670. The summed E-state index contributed by atoms with van der Waals surface area (Å²) in [6, 6.07) is 0. The molecule has 0 aliphatic heterocycles. The van der Waals surface area contributed by atoms with Crippen LogP contribution in [0.4, 0.5) is 0 Å². The quantitative estimate of drug-likeness (QED) is 0.293. The van der Waals surface area contributed by atoms with Gasteiger partial charge in [0.05, 0.1) is 0 Å². The van der Waals surface area contributed by atoms with Crippen LogP contribution in [0.15, 0.2) is 0 Å². The number of carbonyl (C=O) groups is 1. The molecular weight excluding hydrogens is 75.0 g/mol. The molecule has 0 atom stereocenters. The van der Waals surface area contributed by atoms with E-state index >= 15 is 0 Å². The Balaban J connectivity index is 0. The molecule has 5 heavy (non-hydrogen) atoms. The van der Waals surface area contributed by atoms with Gasteiger partial charge in [0.25, 0.3) is 0 Å². The van der Waals surface area contributed by atoms with Crippen LogP contribution in [-0.4, -0.2) is 5.78 Å². The third-order valence-corrected chi connectivity index (χ3v) is 0.454. The Labute approximate surface area is 54.5 Å². The molecule has 0 heterocycles. The summed E-state index contributed by atoms with van der Waals surface area (Å²) in [4.78, 5) is 9.56. The molecule has 0 bridgehead atoms. The molecule has 1 aliphatic carbocycles. The van der Waals surface area contributed by atoms with Gasteiger partial charge in [-0.3, -0.25) is 4.79 Å². The van der Waals surface area contributed by atoms with Crippen molar-refractivity contribution in [2.24, 2.45) is 0 Å². The minimum Gasteiger partial charge on any atom is -1.00 e. The van der Waals surface area contributed by atoms with Crippen LogP contribution in [0.1, 0.15) is 14.3 Å². The van der Waals surface area contributed by atoms with E-state index in [0.717, 1.165) is 12.8 Å². The normalized spacial score (nSPS) is 17.2. The smallest absolute Gasteiger partial charge is 1.00 e. The Kier molecular flexibility index (Phi) is 2.22. The Morgan fingerprint density at radius 2 is 1.80 bits per heavy atom. The first kappa shape index (κ1) is 5.67. The van der Waals surface area contributed by atoms with Crippen LogP contribution in [0.25, 0.3) is 0 Å². The van der Waals surface area contributed by atoms with E-state index in [-0.39, 0.29) is 31.0 Å². The fraction of sp³-hybridized carbons (Fsp3) is 0.667. The van der Waals surface area contributed by atoms with Gasteiger partial charge in [-0.05, 0) is 0 Å². The first-order valence-corrected chi connectivity index (χ1v) is 1.41. The van der Waals surface area contributed by atoms with Gasteiger partial charge < -0.3 is 1.43 Å². The number of ketones is 1. The molecule has 1 aliphatic rings. The SMILES string of the molecule is O=C1CC1.[H-].[Na+]. The van der Waals surface area contributed by atoms with Gasteiger partial charge in [0.2, 0.25) is 0 Å². The summed E-state index contributed by atoms with van der Waals surface area (Å²) in [5.74, 6) is 0.417. The minimum absolute atomic E-state index is 0. The second-order valence-electron chi connectivity index (χ2n) is 1.04. The molecule has 24 valence electrons. The Bertz CT molecular complexity index is 48.8. The third kappa shape index (κ3) is 2.47. The summed E-state index contributed by atoms with van der Waals surface area (Å²) in [5.41, 5.74) is 0. The minimum atomic E-state index is 0. The van der Waals surface area contributed by atoms with E-state index < -0.39 is 0 Å². The van der Waals surface area contributed by atoms with Crippen molar-refractivity contribution in [3.63, 3.8) is 0 Å². The monoisotopic (exact) mass is 80.0 g/mol. The van der Waals surface area contributed by atoms with Gasteiger partial charge in [-0.25, -0.2) is 0 Å². The molecule has 1 rings (SSSR count). The third-order valence-electron chi connectivity index (χ3n) is 0.454. The zero-order chi connectivity index (χ0) is 2.99. The fourth-order valence-electron chi connectivity index (χ4n) is 0.0510. The first-order chi connectivity index (χ1) is 1.89. The van der Waals surface area contributed by atoms with Gasteiger partial charge >= 0.3 is 29.6 Å². The summed E-state index contributed by atoms with van der Waals surface area (Å²) >= 11 is 0. The van der Waals surface area contributed by atoms with Crippen molar-refractivity contribution in [1.82, 2.24) is 0 Å². The summed E-state index contributed by atoms with van der Waals surface area (Å²) in [6.45, 7) is 0. The Morgan fingerprint density at radius 1 is 1.60 bits per heavy atom. The fourth-order valence-corrected chi connectivity index (χ4v) is 0.0510. The maximum Gasteiger partial charge on any atom is 1.00 e. The van der Waals surface area contributed by atoms with Crippen LogP contribution in [0.3, 0.4) is 0 Å². The van der Waals surface area contributed by atoms with Crippen molar-refractivity contribution in [2.75, 3.05) is 0 Å². The number of rotatable bonds is 0. The molecule has 2 heteroatoms. The van der Waals surface area contributed by atoms with Crippen LogP contribution < -0.4 is 29.6 Å². The van der Waals surface area contributed by atoms with Gasteiger partial charge in [0.1, 0.15) is 5.78 Å². The number of Topliss-reactive ketones (excluding diaryl/α,β-unsaturated/α-hetero) is 1. The zero-order valence-electron chi connectivity index (χ0n) is 4.32. The van der Waals surface area contributed by atoms with E-state index in [0.29, 0.717) is 5.78 Å². The molecular formula is C3H5NaO. The van der Waals surface area contributed by atoms with Crippen LogP contribution >= 0.6 is 0 Å². The van der Waals surface area contributed by atoms with Crippen LogP contribution in [0, 0.1) is 0 Å². The summed E-state index contributed by atoms with van der Waals surface area (Å²) in [6.07, 6.45) is 1.69. The average molecular weight is 80.1 g/mol. The number of hydrogen-bond acceptors (Lipinski definition) is 1. The predicted molar refractivity (Wildman–Crippen MR) is 15.4 cm³/mol. The van der Waals surface area contributed by atoms with Crippen LogP contribution in [-0.2, 0) is 4.79 Å². The maximum atomic E-state index is 9.56. The van der Waals surface area contributed by atoms with Crippen molar-refractivity contribution in [2.45, 2.75) is 12.8 Å². The summed E-state index contributed by atoms with van der Waals surface area (Å²) < 4.78 is 0. The van der Waals surface area contributed by atoms with E-state index in [2.05, 4.69) is 0 Å². The van der Waals surface area contributed by atoms with Crippen molar-refractivity contribution in [3.8, 4) is 0 Å². The van der Waals surface area contributed by atoms with Gasteiger partial charge in [-0.2, -0.15) is 0 Å². The van der Waals surface area contributed by atoms with Crippen molar-refractivity contribution < 1.29 is 35.8 Å². The summed E-state index contributed by atoms with van der Waals surface area (Å²) in [5, 5.41) is 0. The molecule has 0 saturated heterocycles. The number of hydrogen-bond donors (Lipinski definition) is 0. The topological polar surface area (TPSA) is 17.1 Å². The maximum absolute atomic E-state index is 9.56. The molecule has 0 aromatic heterocycles. The van der Waals surface area contributed by atoms with Gasteiger partial charge in [-0.15, -0.1) is 0 Å². The standard InChI is InChI=1S/C3H4O.Na.H/c4-3-1-2-3;;/h1-2H2;;/q;+1;-1. The molecule has 1 nitrogen and oxygen atoms in total. The molecule has 1 saturated carbocycles. The molecule has 0 radical (unpaired) electrons. The van der Waals surface area contributed by atoms with E-state index in [4.69, 9.17) is 0 Å². The predicted octanol–water partition coefficient (Wildman–Crippen LogP) is -2.53. The van der Waals surface area contributed by atoms with E-state index in [9.17, 15) is 4.79 Å². The second kappa shape index (κ2) is 1.96. The van der Waals surface area contributed by atoms with Gasteiger partial charge in [0, 0.05) is 12.8 Å². The van der Waals surface area contributed by atoms with E-state index in [1.807, 2.05) is 0 Å².